The quantitative estimate of drug-likeness (QED) is 0.632. The topological polar surface area (TPSA) is 64.2 Å². The normalized spacial score (nSPS) is 16.4. The predicted octanol–water partition coefficient (Wildman–Crippen LogP) is 3.65. The first kappa shape index (κ1) is 16.3. The third-order valence-electron chi connectivity index (χ3n) is 4.20. The van der Waals surface area contributed by atoms with Gasteiger partial charge in [0.2, 0.25) is 0 Å². The Bertz CT molecular complexity index is 723. The summed E-state index contributed by atoms with van der Waals surface area (Å²) in [7, 11) is 0. The average molecular weight is 340 g/mol. The minimum absolute atomic E-state index is 0.199. The van der Waals surface area contributed by atoms with E-state index in [9.17, 15) is 23.3 Å². The fraction of sp³-hybridized carbons (Fsp3) is 0.400. The predicted molar refractivity (Wildman–Crippen MR) is 80.8 cm³/mol. The number of anilines is 1. The van der Waals surface area contributed by atoms with Gasteiger partial charge in [-0.3, -0.25) is 14.8 Å². The van der Waals surface area contributed by atoms with Crippen LogP contribution in [0.5, 0.6) is 0 Å². The highest BCUT2D eigenvalue weighted by Crippen LogP contribution is 2.38. The molecule has 0 bridgehead atoms. The Morgan fingerprint density at radius 1 is 1.25 bits per heavy atom. The van der Waals surface area contributed by atoms with Crippen LogP contribution in [0.2, 0.25) is 0 Å². The molecule has 1 aliphatic heterocycles. The van der Waals surface area contributed by atoms with Gasteiger partial charge in [0.25, 0.3) is 5.69 Å². The molecule has 1 aromatic carbocycles. The molecule has 6 nitrogen and oxygen atoms in total. The lowest BCUT2D eigenvalue weighted by molar-refractivity contribution is -0.384. The summed E-state index contributed by atoms with van der Waals surface area (Å²) in [5, 5.41) is 15.4. The van der Waals surface area contributed by atoms with Gasteiger partial charge in [-0.05, 0) is 31.0 Å². The van der Waals surface area contributed by atoms with E-state index in [1.54, 1.807) is 11.1 Å². The molecule has 0 N–H and O–H groups in total. The first-order valence-corrected chi connectivity index (χ1v) is 7.46. The molecule has 0 atom stereocenters. The molecule has 1 saturated heterocycles. The van der Waals surface area contributed by atoms with Crippen molar-refractivity contribution < 1.29 is 18.1 Å². The van der Waals surface area contributed by atoms with Gasteiger partial charge in [-0.1, -0.05) is 0 Å². The number of rotatable bonds is 3. The van der Waals surface area contributed by atoms with Crippen molar-refractivity contribution in [3.8, 4) is 0 Å². The van der Waals surface area contributed by atoms with Gasteiger partial charge in [0.05, 0.1) is 16.5 Å². The Kier molecular flexibility index (Phi) is 4.16. The molecule has 1 aliphatic rings. The summed E-state index contributed by atoms with van der Waals surface area (Å²) >= 11 is 0. The molecule has 0 aliphatic carbocycles. The number of nitro benzene ring substituents is 1. The third kappa shape index (κ3) is 3.19. The first-order chi connectivity index (χ1) is 11.4. The first-order valence-electron chi connectivity index (χ1n) is 7.46. The molecule has 3 rings (SSSR count). The average Bonchev–Trinajstić information content (AvgIpc) is 3.08. The highest BCUT2D eigenvalue weighted by molar-refractivity contribution is 5.64. The maximum absolute atomic E-state index is 12.8. The van der Waals surface area contributed by atoms with Crippen molar-refractivity contribution in [2.24, 2.45) is 0 Å². The Morgan fingerprint density at radius 3 is 2.50 bits per heavy atom. The number of piperidine rings is 1. The molecule has 0 radical (unpaired) electrons. The van der Waals surface area contributed by atoms with Gasteiger partial charge in [0.1, 0.15) is 5.69 Å². The fourth-order valence-corrected chi connectivity index (χ4v) is 2.98. The molecule has 1 fully saturated rings. The lowest BCUT2D eigenvalue weighted by atomic mass is 10.0. The molecule has 9 heteroatoms. The van der Waals surface area contributed by atoms with Crippen molar-refractivity contribution in [3.63, 3.8) is 0 Å². The fourth-order valence-electron chi connectivity index (χ4n) is 2.98. The van der Waals surface area contributed by atoms with Gasteiger partial charge in [0.15, 0.2) is 0 Å². The standard InChI is InChI=1S/C15H15F3N4O2/c16-15(17,18)11-2-3-13(14(10-11)22(23)24)20-8-4-12(5-9-20)21-7-1-6-19-21/h1-3,6-7,10,12H,4-5,8-9H2. The number of halogens is 3. The van der Waals surface area contributed by atoms with Crippen LogP contribution >= 0.6 is 0 Å². The summed E-state index contributed by atoms with van der Waals surface area (Å²) in [6.07, 6.45) is 0.393. The number of aromatic nitrogens is 2. The van der Waals surface area contributed by atoms with Crippen molar-refractivity contribution in [1.29, 1.82) is 0 Å². The van der Waals surface area contributed by atoms with Crippen LogP contribution in [0.15, 0.2) is 36.7 Å². The number of hydrogen-bond acceptors (Lipinski definition) is 4. The van der Waals surface area contributed by atoms with Crippen molar-refractivity contribution in [3.05, 3.63) is 52.3 Å². The third-order valence-corrected chi connectivity index (χ3v) is 4.20. The van der Waals surface area contributed by atoms with Gasteiger partial charge in [-0.2, -0.15) is 18.3 Å². The lowest BCUT2D eigenvalue weighted by Crippen LogP contribution is -2.35. The number of nitrogens with zero attached hydrogens (tertiary/aromatic N) is 4. The molecular weight excluding hydrogens is 325 g/mol. The van der Waals surface area contributed by atoms with Crippen molar-refractivity contribution in [1.82, 2.24) is 9.78 Å². The Balaban J connectivity index is 1.81. The highest BCUT2D eigenvalue weighted by Gasteiger charge is 2.34. The van der Waals surface area contributed by atoms with Crippen LogP contribution in [0.3, 0.4) is 0 Å². The van der Waals surface area contributed by atoms with E-state index in [2.05, 4.69) is 5.10 Å². The molecule has 128 valence electrons. The molecule has 2 aromatic rings. The minimum Gasteiger partial charge on any atom is -0.366 e. The van der Waals surface area contributed by atoms with Crippen LogP contribution in [-0.2, 0) is 6.18 Å². The number of nitro groups is 1. The maximum atomic E-state index is 12.8. The van der Waals surface area contributed by atoms with E-state index in [-0.39, 0.29) is 11.7 Å². The zero-order chi connectivity index (χ0) is 17.3. The molecule has 0 unspecified atom stereocenters. The molecular formula is C15H15F3N4O2. The molecule has 0 amide bonds. The van der Waals surface area contributed by atoms with E-state index in [0.29, 0.717) is 19.2 Å². The van der Waals surface area contributed by atoms with Crippen LogP contribution in [0, 0.1) is 10.1 Å². The SMILES string of the molecule is O=[N+]([O-])c1cc(C(F)(F)F)ccc1N1CCC(n2cccn2)CC1. The molecule has 0 saturated carbocycles. The Morgan fingerprint density at radius 2 is 1.96 bits per heavy atom. The molecule has 0 spiro atoms. The van der Waals surface area contributed by atoms with Crippen LogP contribution in [0.25, 0.3) is 0 Å². The minimum atomic E-state index is -4.60. The second-order valence-corrected chi connectivity index (χ2v) is 5.66. The summed E-state index contributed by atoms with van der Waals surface area (Å²) in [5.74, 6) is 0. The van der Waals surface area contributed by atoms with Crippen LogP contribution in [-0.4, -0.2) is 27.8 Å². The summed E-state index contributed by atoms with van der Waals surface area (Å²) in [6, 6.07) is 4.71. The summed E-state index contributed by atoms with van der Waals surface area (Å²) in [4.78, 5) is 12.2. The monoisotopic (exact) mass is 340 g/mol. The van der Waals surface area contributed by atoms with E-state index in [4.69, 9.17) is 0 Å². The van der Waals surface area contributed by atoms with Gasteiger partial charge >= 0.3 is 6.18 Å². The van der Waals surface area contributed by atoms with Crippen LogP contribution in [0.1, 0.15) is 24.4 Å². The van der Waals surface area contributed by atoms with Gasteiger partial charge < -0.3 is 4.90 Å². The van der Waals surface area contributed by atoms with Crippen molar-refractivity contribution in [2.75, 3.05) is 18.0 Å². The van der Waals surface area contributed by atoms with Crippen LogP contribution in [0.4, 0.5) is 24.5 Å². The van der Waals surface area contributed by atoms with Gasteiger partial charge in [-0.25, -0.2) is 0 Å². The molecule has 1 aromatic heterocycles. The Labute approximate surface area is 135 Å². The van der Waals surface area contributed by atoms with Crippen LogP contribution < -0.4 is 4.90 Å². The number of alkyl halides is 3. The van der Waals surface area contributed by atoms with E-state index in [1.807, 2.05) is 16.9 Å². The summed E-state index contributed by atoms with van der Waals surface area (Å²) < 4.78 is 40.1. The molecule has 2 heterocycles. The molecule has 24 heavy (non-hydrogen) atoms. The lowest BCUT2D eigenvalue weighted by Gasteiger charge is -2.33. The maximum Gasteiger partial charge on any atom is 0.416 e. The van der Waals surface area contributed by atoms with E-state index in [0.717, 1.165) is 18.9 Å². The zero-order valence-electron chi connectivity index (χ0n) is 12.6. The highest BCUT2D eigenvalue weighted by atomic mass is 19.4. The number of hydrogen-bond donors (Lipinski definition) is 0. The van der Waals surface area contributed by atoms with Crippen molar-refractivity contribution >= 4 is 11.4 Å². The Hall–Kier alpha value is -2.58. The van der Waals surface area contributed by atoms with Crippen molar-refractivity contribution in [2.45, 2.75) is 25.1 Å². The smallest absolute Gasteiger partial charge is 0.366 e. The summed E-state index contributed by atoms with van der Waals surface area (Å²) in [6.45, 7) is 1.05. The van der Waals surface area contributed by atoms with Gasteiger partial charge in [-0.15, -0.1) is 0 Å². The second-order valence-electron chi connectivity index (χ2n) is 5.66. The zero-order valence-corrected chi connectivity index (χ0v) is 12.6. The van der Waals surface area contributed by atoms with Gasteiger partial charge in [0, 0.05) is 31.5 Å². The van der Waals surface area contributed by atoms with E-state index < -0.39 is 22.4 Å². The summed E-state index contributed by atoms with van der Waals surface area (Å²) in [5.41, 5.74) is -1.29. The second kappa shape index (κ2) is 6.14. The largest absolute Gasteiger partial charge is 0.416 e. The number of benzene rings is 1. The van der Waals surface area contributed by atoms with E-state index in [1.165, 1.54) is 6.07 Å². The van der Waals surface area contributed by atoms with E-state index >= 15 is 0 Å².